The highest BCUT2D eigenvalue weighted by Gasteiger charge is 2.58. The molecule has 4 N–H and O–H groups in total. The molecule has 8 rings (SSSR count). The van der Waals surface area contributed by atoms with Gasteiger partial charge in [-0.15, -0.1) is 0 Å². The van der Waals surface area contributed by atoms with E-state index in [1.807, 2.05) is 12.2 Å². The Balaban J connectivity index is 1.03. The first kappa shape index (κ1) is 39.9. The van der Waals surface area contributed by atoms with Crippen LogP contribution < -0.4 is 10.6 Å². The van der Waals surface area contributed by atoms with Gasteiger partial charge in [-0.05, 0) is 119 Å². The lowest BCUT2D eigenvalue weighted by Gasteiger charge is -2.62. The molecule has 1 aliphatic heterocycles. The van der Waals surface area contributed by atoms with Gasteiger partial charge in [-0.2, -0.15) is 5.06 Å². The zero-order chi connectivity index (χ0) is 37.8. The molecule has 0 radical (unpaired) electrons. The summed E-state index contributed by atoms with van der Waals surface area (Å²) in [6.07, 6.45) is 14.6. The van der Waals surface area contributed by atoms with E-state index in [0.717, 1.165) is 57.3 Å². The number of nitrogens with one attached hydrogen (secondary N) is 2. The van der Waals surface area contributed by atoms with Crippen molar-refractivity contribution < 1.29 is 29.4 Å². The Labute approximate surface area is 320 Å². The number of aliphatic hydroxyl groups is 2. The quantitative estimate of drug-likeness (QED) is 0.220. The average Bonchev–Trinajstić information content (AvgIpc) is 3.81. The average molecular weight is 743 g/mol. The maximum atomic E-state index is 14.3. The number of hydrogen-bond donors (Lipinski definition) is 4. The molecule has 1 saturated heterocycles. The van der Waals surface area contributed by atoms with Gasteiger partial charge in [-0.3, -0.25) is 14.4 Å². The number of rotatable bonds is 12. The van der Waals surface area contributed by atoms with Gasteiger partial charge >= 0.3 is 0 Å². The molecule has 0 spiro atoms. The number of nitrogens with zero attached hydrogens (tertiary/aromatic N) is 2. The second-order valence-electron chi connectivity index (χ2n) is 20.0. The summed E-state index contributed by atoms with van der Waals surface area (Å²) in [5.41, 5.74) is 0.323. The number of carbonyl (C=O) groups is 2. The fraction of sp³-hybridized carbons (Fsp3) is 0.953. The number of ether oxygens (including phenoxy) is 1. The summed E-state index contributed by atoms with van der Waals surface area (Å²) >= 11 is 0. The van der Waals surface area contributed by atoms with Crippen molar-refractivity contribution in [3.63, 3.8) is 0 Å². The lowest BCUT2D eigenvalue weighted by molar-refractivity contribution is -0.193. The standard InChI is InChI=1S/C43H74N4O6/c1-24-34-19-30(43(34,3)4)20-35(24)44-42(51)39-38(25(2)49)37(23-48)53-47(39)22-27-14-11-15-32(40(27)52-7)28-16-29(18-31(17-28)46(5)6)41(50)45-36-21-33(36)26-12-9-8-10-13-26/h24-40,48-49H,8-23H2,1-7H3,(H,44,51)(H,45,50)/t24-,25-,27?,28?,29?,30+,31?,32?,33?,34-,35-,36-,37-,38+,39-,40?/m0/s1. The number of methoxy groups -OCH3 is 1. The molecule has 8 fully saturated rings. The Kier molecular flexibility index (Phi) is 12.3. The van der Waals surface area contributed by atoms with Gasteiger partial charge in [0.25, 0.3) is 0 Å². The molecule has 16 atom stereocenters. The second-order valence-corrected chi connectivity index (χ2v) is 20.0. The van der Waals surface area contributed by atoms with Crippen LogP contribution in [0.2, 0.25) is 0 Å². The Morgan fingerprint density at radius 3 is 2.28 bits per heavy atom. The van der Waals surface area contributed by atoms with Gasteiger partial charge in [-0.1, -0.05) is 59.3 Å². The molecule has 8 aliphatic rings. The summed E-state index contributed by atoms with van der Waals surface area (Å²) in [6, 6.07) is 0.131. The van der Waals surface area contributed by atoms with Gasteiger partial charge in [0.15, 0.2) is 0 Å². The van der Waals surface area contributed by atoms with Crippen LogP contribution in [0, 0.1) is 64.6 Å². The minimum Gasteiger partial charge on any atom is -0.394 e. The molecule has 0 aromatic heterocycles. The van der Waals surface area contributed by atoms with Crippen LogP contribution in [0.4, 0.5) is 0 Å². The van der Waals surface area contributed by atoms with E-state index in [4.69, 9.17) is 9.57 Å². The van der Waals surface area contributed by atoms with Crippen molar-refractivity contribution in [1.29, 1.82) is 0 Å². The van der Waals surface area contributed by atoms with E-state index in [-0.39, 0.29) is 42.4 Å². The second kappa shape index (κ2) is 16.3. The molecule has 10 heteroatoms. The van der Waals surface area contributed by atoms with E-state index < -0.39 is 24.2 Å². The van der Waals surface area contributed by atoms with Crippen LogP contribution in [0.15, 0.2) is 0 Å². The minimum absolute atomic E-state index is 0.0116. The van der Waals surface area contributed by atoms with Crippen molar-refractivity contribution in [2.75, 3.05) is 34.4 Å². The van der Waals surface area contributed by atoms with Crippen LogP contribution >= 0.6 is 0 Å². The highest BCUT2D eigenvalue weighted by Crippen LogP contribution is 2.61. The molecule has 0 aromatic carbocycles. The lowest BCUT2D eigenvalue weighted by atomic mass is 9.45. The molecule has 0 aromatic rings. The Bertz CT molecular complexity index is 1270. The van der Waals surface area contributed by atoms with Crippen LogP contribution in [0.25, 0.3) is 0 Å². The SMILES string of the molecule is COC1C(CN2O[C@@H](CO)[C@@H]([C@H](C)O)[C@H]2C(=O)N[C@H]2C[C@H]3C[C@@H]([C@@H]2C)C3(C)C)CCCC1C1CC(C(=O)N[C@H]2CC2C2CCCCC2)CC(N(C)C)C1. The van der Waals surface area contributed by atoms with Crippen LogP contribution in [0.1, 0.15) is 118 Å². The Morgan fingerprint density at radius 1 is 0.906 bits per heavy atom. The Morgan fingerprint density at radius 2 is 1.64 bits per heavy atom. The number of fused-ring (bicyclic) bond motifs is 2. The number of aliphatic hydroxyl groups excluding tert-OH is 2. The molecular formula is C43H74N4O6. The molecule has 7 aliphatic carbocycles. The monoisotopic (exact) mass is 743 g/mol. The van der Waals surface area contributed by atoms with Crippen molar-refractivity contribution in [3.8, 4) is 0 Å². The summed E-state index contributed by atoms with van der Waals surface area (Å²) in [4.78, 5) is 37.0. The molecule has 7 saturated carbocycles. The van der Waals surface area contributed by atoms with E-state index >= 15 is 0 Å². The molecule has 302 valence electrons. The first-order valence-electron chi connectivity index (χ1n) is 21.8. The van der Waals surface area contributed by atoms with Gasteiger partial charge in [-0.25, -0.2) is 0 Å². The van der Waals surface area contributed by atoms with E-state index in [9.17, 15) is 19.8 Å². The van der Waals surface area contributed by atoms with Gasteiger partial charge in [0.2, 0.25) is 11.8 Å². The van der Waals surface area contributed by atoms with E-state index in [2.05, 4.69) is 50.4 Å². The summed E-state index contributed by atoms with van der Waals surface area (Å²) in [5, 5.41) is 30.2. The van der Waals surface area contributed by atoms with Crippen LogP contribution in [-0.4, -0.2) is 109 Å². The van der Waals surface area contributed by atoms with Gasteiger partial charge in [0.05, 0.1) is 18.8 Å². The maximum Gasteiger partial charge on any atom is 0.240 e. The topological polar surface area (TPSA) is 124 Å². The van der Waals surface area contributed by atoms with Crippen LogP contribution in [0.5, 0.6) is 0 Å². The van der Waals surface area contributed by atoms with Crippen molar-refractivity contribution in [2.24, 2.45) is 64.6 Å². The van der Waals surface area contributed by atoms with E-state index in [0.29, 0.717) is 59.6 Å². The van der Waals surface area contributed by atoms with Crippen molar-refractivity contribution >= 4 is 11.8 Å². The maximum absolute atomic E-state index is 14.3. The van der Waals surface area contributed by atoms with Crippen LogP contribution in [0.3, 0.4) is 0 Å². The molecule has 7 unspecified atom stereocenters. The third-order valence-corrected chi connectivity index (χ3v) is 16.6. The van der Waals surface area contributed by atoms with Crippen LogP contribution in [-0.2, 0) is 19.2 Å². The normalized spacial score (nSPS) is 45.0. The fourth-order valence-electron chi connectivity index (χ4n) is 13.2. The van der Waals surface area contributed by atoms with Crippen molar-refractivity contribution in [2.45, 2.75) is 160 Å². The first-order chi connectivity index (χ1) is 25.3. The minimum atomic E-state index is -0.816. The summed E-state index contributed by atoms with van der Waals surface area (Å²) in [7, 11) is 6.14. The summed E-state index contributed by atoms with van der Waals surface area (Å²) in [5.74, 6) is 3.53. The summed E-state index contributed by atoms with van der Waals surface area (Å²) < 4.78 is 6.43. The first-order valence-corrected chi connectivity index (χ1v) is 21.8. The molecule has 2 bridgehead atoms. The highest BCUT2D eigenvalue weighted by atomic mass is 16.7. The number of hydrogen-bond acceptors (Lipinski definition) is 8. The smallest absolute Gasteiger partial charge is 0.240 e. The zero-order valence-corrected chi connectivity index (χ0v) is 34.1. The lowest BCUT2D eigenvalue weighted by Crippen LogP contribution is -2.62. The third-order valence-electron chi connectivity index (χ3n) is 16.6. The largest absolute Gasteiger partial charge is 0.394 e. The molecule has 1 heterocycles. The summed E-state index contributed by atoms with van der Waals surface area (Å²) in [6.45, 7) is 8.99. The van der Waals surface area contributed by atoms with Gasteiger partial charge in [0, 0.05) is 49.5 Å². The molecule has 10 nitrogen and oxygen atoms in total. The van der Waals surface area contributed by atoms with Gasteiger partial charge < -0.3 is 30.5 Å². The number of carbonyl (C=O) groups excluding carboxylic acids is 2. The molecule has 2 amide bonds. The zero-order valence-electron chi connectivity index (χ0n) is 34.1. The van der Waals surface area contributed by atoms with E-state index in [1.54, 1.807) is 6.92 Å². The van der Waals surface area contributed by atoms with Crippen molar-refractivity contribution in [3.05, 3.63) is 0 Å². The third kappa shape index (κ3) is 7.99. The Hall–Kier alpha value is -1.30. The highest BCUT2D eigenvalue weighted by molar-refractivity contribution is 5.83. The van der Waals surface area contributed by atoms with E-state index in [1.165, 1.54) is 38.5 Å². The molecular weight excluding hydrogens is 668 g/mol. The number of hydroxylamine groups is 2. The predicted molar refractivity (Wildman–Crippen MR) is 205 cm³/mol. The predicted octanol–water partition coefficient (Wildman–Crippen LogP) is 5.01. The number of amides is 2. The van der Waals surface area contributed by atoms with Gasteiger partial charge in [0.1, 0.15) is 12.1 Å². The molecule has 53 heavy (non-hydrogen) atoms. The fourth-order valence-corrected chi connectivity index (χ4v) is 13.2. The van der Waals surface area contributed by atoms with Crippen molar-refractivity contribution in [1.82, 2.24) is 20.6 Å².